The smallest absolute Gasteiger partial charge is 0.416 e. The molecular formula is C20H18F3N5O2. The number of halogens is 3. The normalized spacial score (nSPS) is 13.8. The van der Waals surface area contributed by atoms with Gasteiger partial charge in [-0.25, -0.2) is 4.98 Å². The number of ether oxygens (including phenoxy) is 1. The van der Waals surface area contributed by atoms with Gasteiger partial charge in [-0.3, -0.25) is 4.79 Å². The molecule has 1 aliphatic rings. The second-order valence-electron chi connectivity index (χ2n) is 6.90. The molecule has 30 heavy (non-hydrogen) atoms. The third kappa shape index (κ3) is 3.49. The summed E-state index contributed by atoms with van der Waals surface area (Å²) in [5, 5.41) is 8.29. The number of aromatic nitrogens is 4. The van der Waals surface area contributed by atoms with E-state index in [0.717, 1.165) is 11.8 Å². The molecule has 1 aliphatic heterocycles. The first-order chi connectivity index (χ1) is 14.3. The molecule has 2 aromatic heterocycles. The molecule has 0 aliphatic carbocycles. The summed E-state index contributed by atoms with van der Waals surface area (Å²) in [5.41, 5.74) is 0.547. The standard InChI is InChI=1S/C20H18F3N5O2/c1-12-14(4-3-5-15(12)20(21,22)23)19(29)27-9-7-17-16(11-27)25-26-28(17)18-10-13(30-2)6-8-24-18/h3-6,8,10H,7,9,11H2,1-2H3. The van der Waals surface area contributed by atoms with Crippen LogP contribution in [0.25, 0.3) is 5.82 Å². The maximum absolute atomic E-state index is 13.2. The van der Waals surface area contributed by atoms with Crippen molar-refractivity contribution in [2.24, 2.45) is 0 Å². The second kappa shape index (κ2) is 7.43. The van der Waals surface area contributed by atoms with Crippen molar-refractivity contribution in [2.45, 2.75) is 26.1 Å². The lowest BCUT2D eigenvalue weighted by Crippen LogP contribution is -2.37. The molecule has 0 radical (unpaired) electrons. The lowest BCUT2D eigenvalue weighted by molar-refractivity contribution is -0.138. The average molecular weight is 417 g/mol. The summed E-state index contributed by atoms with van der Waals surface area (Å²) < 4.78 is 46.4. The van der Waals surface area contributed by atoms with Crippen molar-refractivity contribution in [3.8, 4) is 11.6 Å². The van der Waals surface area contributed by atoms with Gasteiger partial charge in [-0.2, -0.15) is 17.9 Å². The van der Waals surface area contributed by atoms with Crippen LogP contribution in [0.1, 0.15) is 32.9 Å². The molecule has 4 rings (SSSR count). The number of fused-ring (bicyclic) bond motifs is 1. The topological polar surface area (TPSA) is 73.1 Å². The minimum Gasteiger partial charge on any atom is -0.497 e. The van der Waals surface area contributed by atoms with Gasteiger partial charge in [0.25, 0.3) is 5.91 Å². The van der Waals surface area contributed by atoms with E-state index in [0.29, 0.717) is 30.2 Å². The first-order valence-electron chi connectivity index (χ1n) is 9.19. The van der Waals surface area contributed by atoms with Gasteiger partial charge in [0, 0.05) is 30.8 Å². The number of rotatable bonds is 3. The number of carbonyl (C=O) groups excluding carboxylic acids is 1. The van der Waals surface area contributed by atoms with E-state index >= 15 is 0 Å². The SMILES string of the molecule is COc1ccnc(-n2nnc3c2CCN(C(=O)c2cccc(C(F)(F)F)c2C)C3)c1. The molecule has 1 amide bonds. The number of hydrogen-bond donors (Lipinski definition) is 0. The van der Waals surface area contributed by atoms with Crippen molar-refractivity contribution in [3.05, 3.63) is 64.6 Å². The number of carbonyl (C=O) groups is 1. The van der Waals surface area contributed by atoms with Crippen LogP contribution in [0.4, 0.5) is 13.2 Å². The highest BCUT2D eigenvalue weighted by molar-refractivity contribution is 5.96. The van der Waals surface area contributed by atoms with E-state index in [-0.39, 0.29) is 17.7 Å². The summed E-state index contributed by atoms with van der Waals surface area (Å²) in [6.45, 7) is 1.81. The van der Waals surface area contributed by atoms with Gasteiger partial charge in [-0.15, -0.1) is 5.10 Å². The summed E-state index contributed by atoms with van der Waals surface area (Å²) in [5.74, 6) is 0.701. The molecule has 7 nitrogen and oxygen atoms in total. The fraction of sp³-hybridized carbons (Fsp3) is 0.300. The van der Waals surface area contributed by atoms with Crippen molar-refractivity contribution < 1.29 is 22.7 Å². The first kappa shape index (κ1) is 19.9. The number of benzene rings is 1. The Hall–Kier alpha value is -3.43. The number of amides is 1. The molecule has 156 valence electrons. The second-order valence-corrected chi connectivity index (χ2v) is 6.90. The van der Waals surface area contributed by atoms with Gasteiger partial charge in [0.2, 0.25) is 0 Å². The van der Waals surface area contributed by atoms with Crippen molar-refractivity contribution in [3.63, 3.8) is 0 Å². The third-order valence-corrected chi connectivity index (χ3v) is 5.13. The number of hydrogen-bond acceptors (Lipinski definition) is 5. The zero-order chi connectivity index (χ0) is 21.5. The Labute approximate surface area is 170 Å². The molecule has 0 saturated heterocycles. The lowest BCUT2D eigenvalue weighted by atomic mass is 10.00. The molecule has 3 heterocycles. The molecule has 0 unspecified atom stereocenters. The number of pyridine rings is 1. The lowest BCUT2D eigenvalue weighted by Gasteiger charge is -2.27. The molecular weight excluding hydrogens is 399 g/mol. The fourth-order valence-electron chi connectivity index (χ4n) is 3.55. The largest absolute Gasteiger partial charge is 0.497 e. The van der Waals surface area contributed by atoms with Gasteiger partial charge in [0.1, 0.15) is 11.4 Å². The Bertz CT molecular complexity index is 1110. The Morgan fingerprint density at radius 3 is 2.77 bits per heavy atom. The first-order valence-corrected chi connectivity index (χ1v) is 9.19. The summed E-state index contributed by atoms with van der Waals surface area (Å²) >= 11 is 0. The van der Waals surface area contributed by atoms with E-state index in [1.54, 1.807) is 30.1 Å². The van der Waals surface area contributed by atoms with Crippen LogP contribution >= 0.6 is 0 Å². The van der Waals surface area contributed by atoms with Crippen molar-refractivity contribution in [1.82, 2.24) is 24.9 Å². The summed E-state index contributed by atoms with van der Waals surface area (Å²) in [6, 6.07) is 7.08. The summed E-state index contributed by atoms with van der Waals surface area (Å²) in [6.07, 6.45) is -2.47. The fourth-order valence-corrected chi connectivity index (χ4v) is 3.55. The molecule has 0 saturated carbocycles. The van der Waals surface area contributed by atoms with E-state index in [9.17, 15) is 18.0 Å². The van der Waals surface area contributed by atoms with E-state index < -0.39 is 17.6 Å². The zero-order valence-electron chi connectivity index (χ0n) is 16.3. The third-order valence-electron chi connectivity index (χ3n) is 5.13. The average Bonchev–Trinajstić information content (AvgIpc) is 3.16. The maximum atomic E-state index is 13.2. The Morgan fingerprint density at radius 2 is 2.03 bits per heavy atom. The predicted octanol–water partition coefficient (Wildman–Crippen LogP) is 3.20. The van der Waals surface area contributed by atoms with Gasteiger partial charge in [0.05, 0.1) is 24.9 Å². The quantitative estimate of drug-likeness (QED) is 0.655. The van der Waals surface area contributed by atoms with Crippen molar-refractivity contribution >= 4 is 5.91 Å². The van der Waals surface area contributed by atoms with Gasteiger partial charge < -0.3 is 9.64 Å². The Kier molecular flexibility index (Phi) is 4.92. The maximum Gasteiger partial charge on any atom is 0.416 e. The van der Waals surface area contributed by atoms with E-state index in [4.69, 9.17) is 4.74 Å². The van der Waals surface area contributed by atoms with Crippen LogP contribution in [0.2, 0.25) is 0 Å². The minimum atomic E-state index is -4.51. The van der Waals surface area contributed by atoms with Crippen LogP contribution < -0.4 is 4.74 Å². The van der Waals surface area contributed by atoms with Gasteiger partial charge in [-0.05, 0) is 30.7 Å². The molecule has 1 aromatic carbocycles. The van der Waals surface area contributed by atoms with Crippen LogP contribution in [-0.2, 0) is 19.1 Å². The van der Waals surface area contributed by atoms with E-state index in [1.807, 2.05) is 0 Å². The minimum absolute atomic E-state index is 0.0372. The molecule has 10 heteroatoms. The highest BCUT2D eigenvalue weighted by Gasteiger charge is 2.35. The number of alkyl halides is 3. The van der Waals surface area contributed by atoms with Crippen LogP contribution in [0, 0.1) is 6.92 Å². The van der Waals surface area contributed by atoms with Gasteiger partial charge >= 0.3 is 6.18 Å². The highest BCUT2D eigenvalue weighted by Crippen LogP contribution is 2.33. The van der Waals surface area contributed by atoms with Gasteiger partial charge in [-0.1, -0.05) is 11.3 Å². The monoisotopic (exact) mass is 417 g/mol. The Balaban J connectivity index is 1.60. The molecule has 0 fully saturated rings. The summed E-state index contributed by atoms with van der Waals surface area (Å²) in [7, 11) is 1.55. The van der Waals surface area contributed by atoms with E-state index in [1.165, 1.54) is 24.0 Å². The van der Waals surface area contributed by atoms with E-state index in [2.05, 4.69) is 15.3 Å². The molecule has 0 spiro atoms. The van der Waals surface area contributed by atoms with Crippen LogP contribution in [-0.4, -0.2) is 44.4 Å². The molecule has 0 bridgehead atoms. The van der Waals surface area contributed by atoms with Crippen LogP contribution in [0.3, 0.4) is 0 Å². The Morgan fingerprint density at radius 1 is 1.23 bits per heavy atom. The van der Waals surface area contributed by atoms with Crippen LogP contribution in [0.5, 0.6) is 5.75 Å². The summed E-state index contributed by atoms with van der Waals surface area (Å²) in [4.78, 5) is 18.7. The molecule has 0 atom stereocenters. The highest BCUT2D eigenvalue weighted by atomic mass is 19.4. The predicted molar refractivity (Wildman–Crippen MR) is 100 cm³/mol. The molecule has 0 N–H and O–H groups in total. The molecule has 3 aromatic rings. The number of methoxy groups -OCH3 is 1. The van der Waals surface area contributed by atoms with Crippen molar-refractivity contribution in [1.29, 1.82) is 0 Å². The van der Waals surface area contributed by atoms with Crippen LogP contribution in [0.15, 0.2) is 36.5 Å². The van der Waals surface area contributed by atoms with Crippen molar-refractivity contribution in [2.75, 3.05) is 13.7 Å². The number of nitrogens with zero attached hydrogens (tertiary/aromatic N) is 5. The van der Waals surface area contributed by atoms with Gasteiger partial charge in [0.15, 0.2) is 5.82 Å². The zero-order valence-corrected chi connectivity index (χ0v) is 16.3.